The van der Waals surface area contributed by atoms with E-state index in [9.17, 15) is 22.4 Å². The lowest BCUT2D eigenvalue weighted by atomic mass is 9.94. The van der Waals surface area contributed by atoms with E-state index in [0.717, 1.165) is 12.1 Å². The van der Waals surface area contributed by atoms with Crippen LogP contribution in [0.5, 0.6) is 0 Å². The monoisotopic (exact) mass is 446 g/mol. The molecule has 1 amide bonds. The van der Waals surface area contributed by atoms with Crippen molar-refractivity contribution in [1.82, 2.24) is 14.9 Å². The molecule has 1 aromatic heterocycles. The van der Waals surface area contributed by atoms with E-state index in [-0.39, 0.29) is 41.3 Å². The van der Waals surface area contributed by atoms with Crippen molar-refractivity contribution in [3.8, 4) is 22.3 Å². The number of alkyl halides is 3. The Morgan fingerprint density at radius 1 is 0.969 bits per heavy atom. The Kier molecular flexibility index (Phi) is 5.79. The molecule has 0 atom stereocenters. The van der Waals surface area contributed by atoms with Crippen LogP contribution in [0.2, 0.25) is 0 Å². The minimum atomic E-state index is -4.62. The van der Waals surface area contributed by atoms with Crippen LogP contribution in [0.15, 0.2) is 48.8 Å². The number of carbonyl (C=O) groups excluding carboxylic acids is 1. The first-order chi connectivity index (χ1) is 15.2. The molecule has 2 N–H and O–H groups in total. The Labute approximate surface area is 180 Å². The van der Waals surface area contributed by atoms with Crippen LogP contribution in [0.1, 0.15) is 15.9 Å². The molecule has 0 aliphatic carbocycles. The highest BCUT2D eigenvalue weighted by molar-refractivity contribution is 6.01. The van der Waals surface area contributed by atoms with Crippen LogP contribution in [0.3, 0.4) is 0 Å². The zero-order chi connectivity index (χ0) is 22.9. The highest BCUT2D eigenvalue weighted by Gasteiger charge is 2.33. The second-order valence-electron chi connectivity index (χ2n) is 7.19. The number of carbonyl (C=O) groups is 1. The molecule has 1 aliphatic rings. The fourth-order valence-electron chi connectivity index (χ4n) is 3.48. The van der Waals surface area contributed by atoms with Gasteiger partial charge in [0.05, 0.1) is 18.8 Å². The number of amides is 1. The number of hydrogen-bond acceptors (Lipinski definition) is 5. The van der Waals surface area contributed by atoms with Crippen LogP contribution < -0.4 is 5.73 Å². The lowest BCUT2D eigenvalue weighted by Gasteiger charge is -2.28. The van der Waals surface area contributed by atoms with Gasteiger partial charge in [0.15, 0.2) is 0 Å². The number of hydrogen-bond donors (Lipinski definition) is 1. The zero-order valence-corrected chi connectivity index (χ0v) is 16.7. The number of aromatic nitrogens is 2. The number of nitrogens with two attached hydrogens (primary N) is 1. The van der Waals surface area contributed by atoms with Gasteiger partial charge in [0.25, 0.3) is 5.91 Å². The van der Waals surface area contributed by atoms with Gasteiger partial charge in [0.2, 0.25) is 5.95 Å². The highest BCUT2D eigenvalue weighted by atomic mass is 19.4. The lowest BCUT2D eigenvalue weighted by molar-refractivity contribution is -0.137. The van der Waals surface area contributed by atoms with Crippen molar-refractivity contribution >= 4 is 11.9 Å². The first-order valence-corrected chi connectivity index (χ1v) is 9.70. The van der Waals surface area contributed by atoms with Gasteiger partial charge >= 0.3 is 6.18 Å². The normalized spacial score (nSPS) is 14.4. The number of rotatable bonds is 3. The molecular weight excluding hydrogens is 428 g/mol. The van der Waals surface area contributed by atoms with Crippen molar-refractivity contribution < 1.29 is 27.1 Å². The molecule has 0 spiro atoms. The number of halogens is 4. The van der Waals surface area contributed by atoms with Crippen molar-refractivity contribution in [1.29, 1.82) is 0 Å². The summed E-state index contributed by atoms with van der Waals surface area (Å²) in [6.07, 6.45) is -1.89. The SMILES string of the molecule is Nc1ncc(-c2ccc(-c3ccc(C(F)(F)F)cc3C(=O)N3CCOCC3)cc2F)cn1. The third-order valence-electron chi connectivity index (χ3n) is 5.14. The number of benzene rings is 2. The number of nitrogens with zero attached hydrogens (tertiary/aromatic N) is 3. The standard InChI is InChI=1S/C22H18F4N4O2/c23-19-9-13(1-3-17(19)14-11-28-21(27)29-12-14)16-4-2-15(22(24,25)26)10-18(16)20(31)30-5-7-32-8-6-30/h1-4,9-12H,5-8H2,(H2,27,28,29). The molecule has 1 fully saturated rings. The second kappa shape index (κ2) is 8.54. The van der Waals surface area contributed by atoms with Gasteiger partial charge in [-0.2, -0.15) is 13.2 Å². The Balaban J connectivity index is 1.77. The topological polar surface area (TPSA) is 81.3 Å². The predicted octanol–water partition coefficient (Wildman–Crippen LogP) is 4.02. The van der Waals surface area contributed by atoms with Crippen molar-refractivity contribution in [3.63, 3.8) is 0 Å². The molecule has 3 aromatic rings. The fraction of sp³-hybridized carbons (Fsp3) is 0.227. The van der Waals surface area contributed by atoms with Gasteiger partial charge in [-0.1, -0.05) is 18.2 Å². The molecule has 6 nitrogen and oxygen atoms in total. The summed E-state index contributed by atoms with van der Waals surface area (Å²) < 4.78 is 60.1. The van der Waals surface area contributed by atoms with E-state index in [2.05, 4.69) is 9.97 Å². The van der Waals surface area contributed by atoms with Gasteiger partial charge in [-0.05, 0) is 29.3 Å². The molecule has 1 saturated heterocycles. The van der Waals surface area contributed by atoms with Gasteiger partial charge in [0, 0.05) is 42.2 Å². The van der Waals surface area contributed by atoms with Gasteiger partial charge in [0.1, 0.15) is 5.82 Å². The van der Waals surface area contributed by atoms with Crippen LogP contribution in [0, 0.1) is 5.82 Å². The summed E-state index contributed by atoms with van der Waals surface area (Å²) in [6.45, 7) is 1.12. The maximum Gasteiger partial charge on any atom is 0.416 e. The van der Waals surface area contributed by atoms with Crippen LogP contribution in [-0.4, -0.2) is 47.1 Å². The maximum atomic E-state index is 14.9. The van der Waals surface area contributed by atoms with E-state index in [1.807, 2.05) is 0 Å². The summed E-state index contributed by atoms with van der Waals surface area (Å²) in [7, 11) is 0. The molecule has 0 saturated carbocycles. The summed E-state index contributed by atoms with van der Waals surface area (Å²) >= 11 is 0. The van der Waals surface area contributed by atoms with Crippen molar-refractivity contribution in [2.45, 2.75) is 6.18 Å². The molecule has 166 valence electrons. The quantitative estimate of drug-likeness (QED) is 0.615. The van der Waals surface area contributed by atoms with E-state index >= 15 is 0 Å². The first-order valence-electron chi connectivity index (χ1n) is 9.70. The molecule has 0 unspecified atom stereocenters. The van der Waals surface area contributed by atoms with Crippen LogP contribution in [-0.2, 0) is 10.9 Å². The largest absolute Gasteiger partial charge is 0.416 e. The third kappa shape index (κ3) is 4.40. The molecule has 4 rings (SSSR count). The molecule has 1 aliphatic heterocycles. The fourth-order valence-corrected chi connectivity index (χ4v) is 3.48. The smallest absolute Gasteiger partial charge is 0.378 e. The van der Waals surface area contributed by atoms with E-state index in [1.54, 1.807) is 0 Å². The van der Waals surface area contributed by atoms with Crippen LogP contribution >= 0.6 is 0 Å². The summed E-state index contributed by atoms with van der Waals surface area (Å²) in [5, 5.41) is 0. The van der Waals surface area contributed by atoms with Crippen molar-refractivity contribution in [2.24, 2.45) is 0 Å². The van der Waals surface area contributed by atoms with E-state index < -0.39 is 23.5 Å². The Morgan fingerprint density at radius 2 is 1.62 bits per heavy atom. The minimum Gasteiger partial charge on any atom is -0.378 e. The summed E-state index contributed by atoms with van der Waals surface area (Å²) in [6, 6.07) is 7.05. The van der Waals surface area contributed by atoms with E-state index in [1.165, 1.54) is 41.6 Å². The van der Waals surface area contributed by atoms with Gasteiger partial charge < -0.3 is 15.4 Å². The van der Waals surface area contributed by atoms with Crippen LogP contribution in [0.4, 0.5) is 23.5 Å². The van der Waals surface area contributed by atoms with Gasteiger partial charge in [-0.25, -0.2) is 14.4 Å². The summed E-state index contributed by atoms with van der Waals surface area (Å²) in [5.41, 5.74) is 5.41. The predicted molar refractivity (Wildman–Crippen MR) is 109 cm³/mol. The Bertz CT molecular complexity index is 1140. The highest BCUT2D eigenvalue weighted by Crippen LogP contribution is 2.35. The molecule has 10 heteroatoms. The summed E-state index contributed by atoms with van der Waals surface area (Å²) in [5.74, 6) is -1.16. The molecule has 2 aromatic carbocycles. The number of anilines is 1. The Morgan fingerprint density at radius 3 is 2.25 bits per heavy atom. The molecule has 0 radical (unpaired) electrons. The van der Waals surface area contributed by atoms with E-state index in [4.69, 9.17) is 10.5 Å². The maximum absolute atomic E-state index is 14.9. The van der Waals surface area contributed by atoms with Crippen molar-refractivity contribution in [2.75, 3.05) is 32.0 Å². The molecule has 0 bridgehead atoms. The molecule has 32 heavy (non-hydrogen) atoms. The second-order valence-corrected chi connectivity index (χ2v) is 7.19. The minimum absolute atomic E-state index is 0.0433. The van der Waals surface area contributed by atoms with Gasteiger partial charge in [-0.3, -0.25) is 4.79 Å². The van der Waals surface area contributed by atoms with Gasteiger partial charge in [-0.15, -0.1) is 0 Å². The lowest BCUT2D eigenvalue weighted by Crippen LogP contribution is -2.41. The average molecular weight is 446 g/mol. The first kappa shape index (κ1) is 21.7. The summed E-state index contributed by atoms with van der Waals surface area (Å²) in [4.78, 5) is 22.2. The number of ether oxygens (including phenoxy) is 1. The van der Waals surface area contributed by atoms with E-state index in [0.29, 0.717) is 18.8 Å². The van der Waals surface area contributed by atoms with Crippen molar-refractivity contribution in [3.05, 3.63) is 65.7 Å². The molecular formula is C22H18F4N4O2. The number of morpholine rings is 1. The Hall–Kier alpha value is -3.53. The number of nitrogen functional groups attached to an aromatic ring is 1. The third-order valence-corrected chi connectivity index (χ3v) is 5.14. The average Bonchev–Trinajstić information content (AvgIpc) is 2.79. The zero-order valence-electron chi connectivity index (χ0n) is 16.7. The molecule has 2 heterocycles. The van der Waals surface area contributed by atoms with Crippen LogP contribution in [0.25, 0.3) is 22.3 Å².